The van der Waals surface area contributed by atoms with Gasteiger partial charge in [-0.05, 0) is 47.1 Å². The van der Waals surface area contributed by atoms with Crippen LogP contribution >= 0.6 is 0 Å². The number of halogens is 1. The predicted molar refractivity (Wildman–Crippen MR) is 141 cm³/mol. The summed E-state index contributed by atoms with van der Waals surface area (Å²) in [6.45, 7) is 16.2. The molecule has 6 heteroatoms. The van der Waals surface area contributed by atoms with Gasteiger partial charge in [-0.2, -0.15) is 0 Å². The fraction of sp³-hybridized carbons (Fsp3) is 0.586. The third kappa shape index (κ3) is 8.78. The van der Waals surface area contributed by atoms with Crippen LogP contribution in [0, 0.1) is 11.2 Å². The second-order valence-electron chi connectivity index (χ2n) is 11.5. The van der Waals surface area contributed by atoms with Crippen LogP contribution in [0.1, 0.15) is 46.6 Å². The van der Waals surface area contributed by atoms with Crippen LogP contribution in [0.25, 0.3) is 0 Å². The van der Waals surface area contributed by atoms with E-state index in [1.807, 2.05) is 24.3 Å². The van der Waals surface area contributed by atoms with E-state index in [1.54, 1.807) is 6.07 Å². The average molecular weight is 487 g/mol. The SMILES string of the molecule is CC(C)(C)CC(C)(C)c1ccc(OCCOC[C@@H](O)CN2CCN(c3ccccc3F)CC2)cc1. The molecule has 1 heterocycles. The first-order valence-corrected chi connectivity index (χ1v) is 12.7. The van der Waals surface area contributed by atoms with E-state index in [0.29, 0.717) is 25.4 Å². The van der Waals surface area contributed by atoms with E-state index in [0.717, 1.165) is 38.3 Å². The molecule has 1 N–H and O–H groups in total. The number of ether oxygens (including phenoxy) is 2. The van der Waals surface area contributed by atoms with Crippen molar-refractivity contribution in [1.29, 1.82) is 0 Å². The van der Waals surface area contributed by atoms with Crippen molar-refractivity contribution in [3.8, 4) is 5.75 Å². The maximum atomic E-state index is 14.0. The normalized spacial score (nSPS) is 16.4. The van der Waals surface area contributed by atoms with E-state index in [2.05, 4.69) is 56.6 Å². The van der Waals surface area contributed by atoms with E-state index in [-0.39, 0.29) is 23.3 Å². The molecule has 1 saturated heterocycles. The van der Waals surface area contributed by atoms with Crippen LogP contribution in [0.5, 0.6) is 5.75 Å². The Balaban J connectivity index is 1.30. The van der Waals surface area contributed by atoms with Gasteiger partial charge in [0.2, 0.25) is 0 Å². The van der Waals surface area contributed by atoms with E-state index in [4.69, 9.17) is 9.47 Å². The number of benzene rings is 2. The fourth-order valence-electron chi connectivity index (χ4n) is 5.10. The number of β-amino-alcohol motifs (C(OH)–C–C–N with tert-alkyl or cyclic N) is 1. The number of anilines is 1. The van der Waals surface area contributed by atoms with Crippen LogP contribution in [-0.2, 0) is 10.2 Å². The first-order valence-electron chi connectivity index (χ1n) is 12.7. The maximum absolute atomic E-state index is 14.0. The van der Waals surface area contributed by atoms with Crippen molar-refractivity contribution >= 4 is 5.69 Å². The fourth-order valence-corrected chi connectivity index (χ4v) is 5.10. The van der Waals surface area contributed by atoms with Crippen LogP contribution in [-0.4, -0.2) is 68.7 Å². The summed E-state index contributed by atoms with van der Waals surface area (Å²) in [5.74, 6) is 0.647. The molecule has 0 aliphatic carbocycles. The zero-order chi connectivity index (χ0) is 25.5. The lowest BCUT2D eigenvalue weighted by molar-refractivity contribution is 0.00716. The van der Waals surface area contributed by atoms with Gasteiger partial charge >= 0.3 is 0 Å². The van der Waals surface area contributed by atoms with Crippen molar-refractivity contribution in [2.75, 3.05) is 57.4 Å². The molecular weight excluding hydrogens is 443 g/mol. The van der Waals surface area contributed by atoms with Crippen molar-refractivity contribution in [1.82, 2.24) is 4.90 Å². The summed E-state index contributed by atoms with van der Waals surface area (Å²) in [4.78, 5) is 4.26. The smallest absolute Gasteiger partial charge is 0.146 e. The Hall–Kier alpha value is -2.15. The number of rotatable bonds is 11. The van der Waals surface area contributed by atoms with Gasteiger partial charge in [-0.3, -0.25) is 4.90 Å². The molecule has 194 valence electrons. The number of aliphatic hydroxyl groups is 1. The highest BCUT2D eigenvalue weighted by molar-refractivity contribution is 5.48. The Morgan fingerprint density at radius 2 is 1.57 bits per heavy atom. The molecule has 2 aromatic carbocycles. The molecule has 0 aromatic heterocycles. The summed E-state index contributed by atoms with van der Waals surface area (Å²) < 4.78 is 25.4. The summed E-state index contributed by atoms with van der Waals surface area (Å²) >= 11 is 0. The van der Waals surface area contributed by atoms with Crippen LogP contribution in [0.15, 0.2) is 48.5 Å². The van der Waals surface area contributed by atoms with Crippen molar-refractivity contribution in [3.05, 3.63) is 59.9 Å². The lowest BCUT2D eigenvalue weighted by atomic mass is 9.72. The molecule has 1 aliphatic heterocycles. The van der Waals surface area contributed by atoms with Crippen LogP contribution in [0.4, 0.5) is 10.1 Å². The van der Waals surface area contributed by atoms with Crippen LogP contribution < -0.4 is 9.64 Å². The van der Waals surface area contributed by atoms with E-state index >= 15 is 0 Å². The highest BCUT2D eigenvalue weighted by Crippen LogP contribution is 2.36. The van der Waals surface area contributed by atoms with Crippen LogP contribution in [0.2, 0.25) is 0 Å². The zero-order valence-electron chi connectivity index (χ0n) is 22.1. The molecule has 3 rings (SSSR count). The Labute approximate surface area is 210 Å². The molecule has 0 unspecified atom stereocenters. The molecule has 0 radical (unpaired) electrons. The number of hydrogen-bond donors (Lipinski definition) is 1. The predicted octanol–water partition coefficient (Wildman–Crippen LogP) is 5.12. The largest absolute Gasteiger partial charge is 0.491 e. The van der Waals surface area contributed by atoms with E-state index in [1.165, 1.54) is 11.6 Å². The summed E-state index contributed by atoms with van der Waals surface area (Å²) in [7, 11) is 0. The molecule has 0 spiro atoms. The second-order valence-corrected chi connectivity index (χ2v) is 11.5. The first kappa shape index (κ1) is 27.4. The van der Waals surface area contributed by atoms with E-state index < -0.39 is 6.10 Å². The standard InChI is InChI=1S/C29H43FN2O3/c1-28(2,3)22-29(4,5)23-10-12-25(13-11-23)35-19-18-34-21-24(33)20-31-14-16-32(17-15-31)27-9-7-6-8-26(27)30/h6-13,24,33H,14-22H2,1-5H3/t24-/m0/s1. The number of aliphatic hydroxyl groups excluding tert-OH is 1. The van der Waals surface area contributed by atoms with E-state index in [9.17, 15) is 9.50 Å². The van der Waals surface area contributed by atoms with Gasteiger partial charge in [0.25, 0.3) is 0 Å². The highest BCUT2D eigenvalue weighted by Gasteiger charge is 2.27. The van der Waals surface area contributed by atoms with Gasteiger partial charge < -0.3 is 19.5 Å². The minimum Gasteiger partial charge on any atom is -0.491 e. The van der Waals surface area contributed by atoms with Crippen molar-refractivity contribution < 1.29 is 19.0 Å². The topological polar surface area (TPSA) is 45.2 Å². The minimum atomic E-state index is -0.556. The van der Waals surface area contributed by atoms with Gasteiger partial charge in [-0.25, -0.2) is 4.39 Å². The van der Waals surface area contributed by atoms with Crippen LogP contribution in [0.3, 0.4) is 0 Å². The molecule has 1 atom stereocenters. The Kier molecular flexibility index (Phi) is 9.56. The Bertz CT molecular complexity index is 903. The molecule has 35 heavy (non-hydrogen) atoms. The lowest BCUT2D eigenvalue weighted by Gasteiger charge is -2.36. The molecule has 1 aliphatic rings. The highest BCUT2D eigenvalue weighted by atomic mass is 19.1. The molecular formula is C29H43FN2O3. The number of piperazine rings is 1. The van der Waals surface area contributed by atoms with Crippen molar-refractivity contribution in [2.45, 2.75) is 52.6 Å². The lowest BCUT2D eigenvalue weighted by Crippen LogP contribution is -2.49. The molecule has 5 nitrogen and oxygen atoms in total. The number of hydrogen-bond acceptors (Lipinski definition) is 5. The Morgan fingerprint density at radius 1 is 0.914 bits per heavy atom. The molecule has 1 fully saturated rings. The van der Waals surface area contributed by atoms with Crippen molar-refractivity contribution in [2.24, 2.45) is 5.41 Å². The zero-order valence-corrected chi connectivity index (χ0v) is 22.1. The van der Waals surface area contributed by atoms with Gasteiger partial charge in [-0.15, -0.1) is 0 Å². The average Bonchev–Trinajstić information content (AvgIpc) is 2.79. The number of para-hydroxylation sites is 1. The van der Waals surface area contributed by atoms with Crippen molar-refractivity contribution in [3.63, 3.8) is 0 Å². The summed E-state index contributed by atoms with van der Waals surface area (Å²) in [5, 5.41) is 10.4. The van der Waals surface area contributed by atoms with Gasteiger partial charge in [0.05, 0.1) is 25.0 Å². The van der Waals surface area contributed by atoms with Gasteiger partial charge in [-0.1, -0.05) is 58.9 Å². The van der Waals surface area contributed by atoms with Gasteiger partial charge in [0, 0.05) is 32.7 Å². The summed E-state index contributed by atoms with van der Waals surface area (Å²) in [5.41, 5.74) is 2.35. The number of nitrogens with zero attached hydrogens (tertiary/aromatic N) is 2. The second kappa shape index (κ2) is 12.2. The summed E-state index contributed by atoms with van der Waals surface area (Å²) in [6.07, 6.45) is 0.553. The molecule has 0 amide bonds. The van der Waals surface area contributed by atoms with Gasteiger partial charge in [0.15, 0.2) is 0 Å². The van der Waals surface area contributed by atoms with Gasteiger partial charge in [0.1, 0.15) is 18.2 Å². The third-order valence-electron chi connectivity index (χ3n) is 6.45. The molecule has 0 bridgehead atoms. The molecule has 2 aromatic rings. The quantitative estimate of drug-likeness (QED) is 0.447. The minimum absolute atomic E-state index is 0.112. The summed E-state index contributed by atoms with van der Waals surface area (Å²) in [6, 6.07) is 15.2. The maximum Gasteiger partial charge on any atom is 0.146 e. The molecule has 0 saturated carbocycles. The Morgan fingerprint density at radius 3 is 2.20 bits per heavy atom. The first-order chi connectivity index (χ1) is 16.5. The monoisotopic (exact) mass is 486 g/mol. The third-order valence-corrected chi connectivity index (χ3v) is 6.45.